The van der Waals surface area contributed by atoms with Crippen molar-refractivity contribution in [3.63, 3.8) is 0 Å². The number of pyridine rings is 1. The summed E-state index contributed by atoms with van der Waals surface area (Å²) in [5, 5.41) is 3.34. The molecule has 1 heterocycles. The fourth-order valence-corrected chi connectivity index (χ4v) is 2.79. The van der Waals surface area contributed by atoms with Crippen molar-refractivity contribution in [2.45, 2.75) is 46.1 Å². The van der Waals surface area contributed by atoms with E-state index in [2.05, 4.69) is 24.2 Å². The molecule has 1 aliphatic carbocycles. The molecule has 2 rings (SSSR count). The summed E-state index contributed by atoms with van der Waals surface area (Å²) in [6.45, 7) is 8.91. The van der Waals surface area contributed by atoms with Gasteiger partial charge in [-0.15, -0.1) is 0 Å². The van der Waals surface area contributed by atoms with E-state index in [1.807, 2.05) is 23.6 Å². The van der Waals surface area contributed by atoms with Gasteiger partial charge in [0.2, 0.25) is 0 Å². The number of nitrogens with one attached hydrogen (secondary N) is 1. The van der Waals surface area contributed by atoms with Crippen LogP contribution in [0.4, 0.5) is 0 Å². The van der Waals surface area contributed by atoms with Crippen molar-refractivity contribution in [2.75, 3.05) is 39.9 Å². The lowest BCUT2D eigenvalue weighted by atomic mass is 10.3. The molecule has 146 valence electrons. The molecule has 0 aliphatic heterocycles. The lowest BCUT2D eigenvalue weighted by molar-refractivity contribution is 0.115. The lowest BCUT2D eigenvalue weighted by Crippen LogP contribution is -2.40. The maximum Gasteiger partial charge on any atom is 0.250 e. The zero-order valence-corrected chi connectivity index (χ0v) is 16.5. The van der Waals surface area contributed by atoms with Crippen molar-refractivity contribution >= 4 is 5.96 Å². The zero-order valence-electron chi connectivity index (χ0n) is 16.5. The first-order valence-corrected chi connectivity index (χ1v) is 9.85. The van der Waals surface area contributed by atoms with Gasteiger partial charge in [-0.2, -0.15) is 0 Å². The Bertz CT molecular complexity index is 622. The summed E-state index contributed by atoms with van der Waals surface area (Å²) in [6.07, 6.45) is 4.56. The van der Waals surface area contributed by atoms with Crippen LogP contribution in [0.15, 0.2) is 28.0 Å². The van der Waals surface area contributed by atoms with Gasteiger partial charge in [0.25, 0.3) is 5.56 Å². The summed E-state index contributed by atoms with van der Waals surface area (Å²) in [5.74, 6) is 1.73. The van der Waals surface area contributed by atoms with E-state index in [0.717, 1.165) is 69.8 Å². The number of aliphatic imine (C=N–C) groups is 1. The van der Waals surface area contributed by atoms with Crippen LogP contribution in [-0.4, -0.2) is 55.3 Å². The van der Waals surface area contributed by atoms with Crippen LogP contribution in [0.1, 0.15) is 38.3 Å². The molecular formula is C20H34N4O2. The van der Waals surface area contributed by atoms with Crippen LogP contribution in [0.2, 0.25) is 0 Å². The predicted molar refractivity (Wildman–Crippen MR) is 107 cm³/mol. The Morgan fingerprint density at radius 1 is 1.38 bits per heavy atom. The Hall–Kier alpha value is -1.82. The van der Waals surface area contributed by atoms with Crippen LogP contribution in [0.3, 0.4) is 0 Å². The lowest BCUT2D eigenvalue weighted by Gasteiger charge is -2.22. The number of aryl methyl sites for hydroxylation is 1. The Balaban J connectivity index is 1.70. The Morgan fingerprint density at radius 3 is 2.88 bits per heavy atom. The van der Waals surface area contributed by atoms with Crippen molar-refractivity contribution in [1.29, 1.82) is 0 Å². The van der Waals surface area contributed by atoms with Gasteiger partial charge in [-0.3, -0.25) is 9.79 Å². The molecule has 0 spiro atoms. The van der Waals surface area contributed by atoms with E-state index in [-0.39, 0.29) is 5.56 Å². The Kier molecular flexibility index (Phi) is 8.68. The molecule has 26 heavy (non-hydrogen) atoms. The van der Waals surface area contributed by atoms with Crippen LogP contribution < -0.4 is 10.9 Å². The molecule has 1 aromatic rings. The van der Waals surface area contributed by atoms with Crippen LogP contribution in [0.25, 0.3) is 0 Å². The number of nitrogens with zero attached hydrogens (tertiary/aromatic N) is 3. The average molecular weight is 363 g/mol. The van der Waals surface area contributed by atoms with Gasteiger partial charge in [-0.05, 0) is 51.5 Å². The number of aromatic nitrogens is 1. The standard InChI is InChI=1S/C20H34N4O2/c1-4-21-20(23(3)14-15-26-16-18-10-11-18)22-12-5-6-13-24-17(2)8-7-9-19(24)25/h7-9,18H,4-6,10-16H2,1-3H3,(H,21,22). The first kappa shape index (κ1) is 20.5. The van der Waals surface area contributed by atoms with Crippen LogP contribution in [0, 0.1) is 12.8 Å². The highest BCUT2D eigenvalue weighted by molar-refractivity contribution is 5.79. The van der Waals surface area contributed by atoms with E-state index in [1.165, 1.54) is 12.8 Å². The van der Waals surface area contributed by atoms with Crippen molar-refractivity contribution < 1.29 is 4.74 Å². The largest absolute Gasteiger partial charge is 0.379 e. The fraction of sp³-hybridized carbons (Fsp3) is 0.700. The first-order valence-electron chi connectivity index (χ1n) is 9.85. The highest BCUT2D eigenvalue weighted by Crippen LogP contribution is 2.28. The second-order valence-corrected chi connectivity index (χ2v) is 7.04. The predicted octanol–water partition coefficient (Wildman–Crippen LogP) is 2.26. The molecule has 0 radical (unpaired) electrons. The summed E-state index contributed by atoms with van der Waals surface area (Å²) in [4.78, 5) is 18.7. The normalized spacial score (nSPS) is 14.5. The van der Waals surface area contributed by atoms with Crippen molar-refractivity contribution in [3.8, 4) is 0 Å². The van der Waals surface area contributed by atoms with E-state index in [0.29, 0.717) is 0 Å². The van der Waals surface area contributed by atoms with E-state index >= 15 is 0 Å². The molecule has 1 aliphatic rings. The minimum Gasteiger partial charge on any atom is -0.379 e. The zero-order chi connectivity index (χ0) is 18.8. The molecule has 0 atom stereocenters. The monoisotopic (exact) mass is 362 g/mol. The van der Waals surface area contributed by atoms with Gasteiger partial charge in [-0.1, -0.05) is 6.07 Å². The van der Waals surface area contributed by atoms with Crippen LogP contribution in [-0.2, 0) is 11.3 Å². The summed E-state index contributed by atoms with van der Waals surface area (Å²) >= 11 is 0. The molecule has 0 unspecified atom stereocenters. The van der Waals surface area contributed by atoms with Gasteiger partial charge in [0, 0.05) is 51.6 Å². The van der Waals surface area contributed by atoms with Gasteiger partial charge < -0.3 is 19.5 Å². The minimum atomic E-state index is 0.0766. The molecule has 0 aromatic carbocycles. The first-order chi connectivity index (χ1) is 12.6. The van der Waals surface area contributed by atoms with E-state index in [4.69, 9.17) is 9.73 Å². The van der Waals surface area contributed by atoms with Gasteiger partial charge in [0.05, 0.1) is 6.61 Å². The molecule has 1 fully saturated rings. The molecule has 6 heteroatoms. The maximum atomic E-state index is 11.9. The number of ether oxygens (including phenoxy) is 1. The molecule has 1 saturated carbocycles. The van der Waals surface area contributed by atoms with Crippen LogP contribution in [0.5, 0.6) is 0 Å². The molecule has 0 amide bonds. The van der Waals surface area contributed by atoms with E-state index < -0.39 is 0 Å². The smallest absolute Gasteiger partial charge is 0.250 e. The maximum absolute atomic E-state index is 11.9. The third-order valence-corrected chi connectivity index (χ3v) is 4.64. The van der Waals surface area contributed by atoms with Gasteiger partial charge in [-0.25, -0.2) is 0 Å². The second kappa shape index (κ2) is 11.0. The van der Waals surface area contributed by atoms with E-state index in [9.17, 15) is 4.79 Å². The number of guanidine groups is 1. The molecule has 0 saturated heterocycles. The highest BCUT2D eigenvalue weighted by atomic mass is 16.5. The highest BCUT2D eigenvalue weighted by Gasteiger charge is 2.21. The second-order valence-electron chi connectivity index (χ2n) is 7.04. The topological polar surface area (TPSA) is 58.9 Å². The summed E-state index contributed by atoms with van der Waals surface area (Å²) in [7, 11) is 2.05. The SMILES string of the molecule is CCNC(=NCCCCn1c(C)cccc1=O)N(C)CCOCC1CC1. The molecule has 0 bridgehead atoms. The van der Waals surface area contributed by atoms with Gasteiger partial charge >= 0.3 is 0 Å². The molecule has 1 N–H and O–H groups in total. The summed E-state index contributed by atoms with van der Waals surface area (Å²) < 4.78 is 7.55. The summed E-state index contributed by atoms with van der Waals surface area (Å²) in [5.41, 5.74) is 1.09. The van der Waals surface area contributed by atoms with E-state index in [1.54, 1.807) is 6.07 Å². The molecular weight excluding hydrogens is 328 g/mol. The quantitative estimate of drug-likeness (QED) is 0.373. The third kappa shape index (κ3) is 7.20. The fourth-order valence-electron chi connectivity index (χ4n) is 2.79. The third-order valence-electron chi connectivity index (χ3n) is 4.64. The number of unbranched alkanes of at least 4 members (excludes halogenated alkanes) is 1. The number of hydrogen-bond donors (Lipinski definition) is 1. The Labute approximate surface area is 157 Å². The van der Waals surface area contributed by atoms with Crippen LogP contribution >= 0.6 is 0 Å². The van der Waals surface area contributed by atoms with Crippen molar-refractivity contribution in [1.82, 2.24) is 14.8 Å². The molecule has 6 nitrogen and oxygen atoms in total. The van der Waals surface area contributed by atoms with Gasteiger partial charge in [0.15, 0.2) is 5.96 Å². The van der Waals surface area contributed by atoms with Gasteiger partial charge in [0.1, 0.15) is 0 Å². The molecule has 1 aromatic heterocycles. The van der Waals surface area contributed by atoms with Crippen molar-refractivity contribution in [3.05, 3.63) is 34.2 Å². The number of likely N-dealkylation sites (N-methyl/N-ethyl adjacent to an activating group) is 1. The summed E-state index contributed by atoms with van der Waals surface area (Å²) in [6, 6.07) is 5.41. The number of rotatable bonds is 11. The number of hydrogen-bond acceptors (Lipinski definition) is 3. The average Bonchev–Trinajstić information content (AvgIpc) is 3.44. The Morgan fingerprint density at radius 2 is 2.19 bits per heavy atom. The van der Waals surface area contributed by atoms with Crippen molar-refractivity contribution in [2.24, 2.45) is 10.9 Å². The minimum absolute atomic E-state index is 0.0766.